The SMILES string of the molecule is CC1CCC/C(=N/NC(N)=O)C1. The third-order valence-electron chi connectivity index (χ3n) is 2.07. The molecule has 12 heavy (non-hydrogen) atoms. The van der Waals surface area contributed by atoms with Gasteiger partial charge in [-0.15, -0.1) is 0 Å². The van der Waals surface area contributed by atoms with Crippen LogP contribution in [-0.2, 0) is 0 Å². The number of carbonyl (C=O) groups is 1. The van der Waals surface area contributed by atoms with Crippen LogP contribution in [0.5, 0.6) is 0 Å². The minimum absolute atomic E-state index is 0.583. The molecule has 1 fully saturated rings. The topological polar surface area (TPSA) is 67.5 Å². The summed E-state index contributed by atoms with van der Waals surface area (Å²) in [5.41, 5.74) is 8.21. The third-order valence-corrected chi connectivity index (χ3v) is 2.07. The second-order valence-corrected chi connectivity index (χ2v) is 3.36. The first-order valence-electron chi connectivity index (χ1n) is 4.29. The highest BCUT2D eigenvalue weighted by Gasteiger charge is 2.13. The first-order chi connectivity index (χ1) is 5.68. The number of nitrogens with one attached hydrogen (secondary N) is 1. The van der Waals surface area contributed by atoms with Gasteiger partial charge in [-0.05, 0) is 31.6 Å². The van der Waals surface area contributed by atoms with Crippen LogP contribution >= 0.6 is 0 Å². The summed E-state index contributed by atoms with van der Waals surface area (Å²) in [5, 5.41) is 3.93. The zero-order valence-electron chi connectivity index (χ0n) is 7.34. The number of rotatable bonds is 1. The van der Waals surface area contributed by atoms with Gasteiger partial charge >= 0.3 is 6.03 Å². The Morgan fingerprint density at radius 2 is 2.50 bits per heavy atom. The number of nitrogens with two attached hydrogens (primary N) is 1. The van der Waals surface area contributed by atoms with E-state index in [4.69, 9.17) is 5.73 Å². The Labute approximate surface area is 72.2 Å². The summed E-state index contributed by atoms with van der Waals surface area (Å²) in [6.45, 7) is 2.19. The molecule has 1 rings (SSSR count). The minimum Gasteiger partial charge on any atom is -0.350 e. The van der Waals surface area contributed by atoms with Crippen LogP contribution in [0.4, 0.5) is 4.79 Å². The maximum atomic E-state index is 10.3. The van der Waals surface area contributed by atoms with Crippen LogP contribution in [-0.4, -0.2) is 11.7 Å². The molecule has 4 nitrogen and oxygen atoms in total. The molecule has 0 aliphatic heterocycles. The fraction of sp³-hybridized carbons (Fsp3) is 0.750. The van der Waals surface area contributed by atoms with Gasteiger partial charge in [0.2, 0.25) is 0 Å². The normalized spacial score (nSPS) is 27.1. The molecule has 1 aliphatic rings. The van der Waals surface area contributed by atoms with Gasteiger partial charge in [-0.3, -0.25) is 0 Å². The second kappa shape index (κ2) is 4.09. The van der Waals surface area contributed by atoms with Crippen LogP contribution in [0.15, 0.2) is 5.10 Å². The van der Waals surface area contributed by atoms with Crippen LogP contribution in [0.2, 0.25) is 0 Å². The number of hydrogen-bond acceptors (Lipinski definition) is 2. The van der Waals surface area contributed by atoms with Gasteiger partial charge in [-0.1, -0.05) is 6.92 Å². The molecule has 2 amide bonds. The molecule has 0 saturated heterocycles. The largest absolute Gasteiger partial charge is 0.350 e. The molecular weight excluding hydrogens is 154 g/mol. The standard InChI is InChI=1S/C8H15N3O/c1-6-3-2-4-7(5-6)10-11-8(9)12/h6H,2-5H2,1H3,(H3,9,11,12)/b10-7-. The van der Waals surface area contributed by atoms with Crippen molar-refractivity contribution in [2.75, 3.05) is 0 Å². The molecule has 0 heterocycles. The number of hydrogen-bond donors (Lipinski definition) is 2. The zero-order valence-corrected chi connectivity index (χ0v) is 7.34. The molecular formula is C8H15N3O. The number of nitrogens with zero attached hydrogens (tertiary/aromatic N) is 1. The summed E-state index contributed by atoms with van der Waals surface area (Å²) >= 11 is 0. The summed E-state index contributed by atoms with van der Waals surface area (Å²) in [5.74, 6) is 0.687. The van der Waals surface area contributed by atoms with Crippen LogP contribution < -0.4 is 11.2 Å². The van der Waals surface area contributed by atoms with E-state index in [-0.39, 0.29) is 0 Å². The molecule has 68 valence electrons. The summed E-state index contributed by atoms with van der Waals surface area (Å²) in [6, 6.07) is -0.583. The first-order valence-corrected chi connectivity index (χ1v) is 4.29. The third kappa shape index (κ3) is 2.90. The molecule has 4 heteroatoms. The van der Waals surface area contributed by atoms with Gasteiger partial charge in [0.05, 0.1) is 0 Å². The van der Waals surface area contributed by atoms with Crippen molar-refractivity contribution in [3.05, 3.63) is 0 Å². The maximum Gasteiger partial charge on any atom is 0.332 e. The lowest BCUT2D eigenvalue weighted by atomic mass is 9.89. The smallest absolute Gasteiger partial charge is 0.332 e. The Morgan fingerprint density at radius 1 is 1.75 bits per heavy atom. The zero-order chi connectivity index (χ0) is 8.97. The van der Waals surface area contributed by atoms with Crippen LogP contribution in [0, 0.1) is 5.92 Å². The highest BCUT2D eigenvalue weighted by molar-refractivity contribution is 5.86. The number of amides is 2. The van der Waals surface area contributed by atoms with Crippen molar-refractivity contribution in [3.63, 3.8) is 0 Å². The number of hydrazone groups is 1. The quantitative estimate of drug-likeness (QED) is 0.569. The predicted octanol–water partition coefficient (Wildman–Crippen LogP) is 1.22. The van der Waals surface area contributed by atoms with Gasteiger partial charge in [0.25, 0.3) is 0 Å². The van der Waals surface area contributed by atoms with Gasteiger partial charge in [-0.25, -0.2) is 10.2 Å². The lowest BCUT2D eigenvalue weighted by Crippen LogP contribution is -2.27. The number of carbonyl (C=O) groups excluding carboxylic acids is 1. The fourth-order valence-corrected chi connectivity index (χ4v) is 1.50. The van der Waals surface area contributed by atoms with Gasteiger partial charge < -0.3 is 5.73 Å². The molecule has 3 N–H and O–H groups in total. The van der Waals surface area contributed by atoms with E-state index in [0.29, 0.717) is 5.92 Å². The molecule has 0 spiro atoms. The Balaban J connectivity index is 2.39. The Bertz CT molecular complexity index is 200. The van der Waals surface area contributed by atoms with E-state index in [1.54, 1.807) is 0 Å². The molecule has 1 unspecified atom stereocenters. The van der Waals surface area contributed by atoms with E-state index in [1.807, 2.05) is 0 Å². The van der Waals surface area contributed by atoms with Gasteiger partial charge in [0, 0.05) is 5.71 Å². The van der Waals surface area contributed by atoms with Crippen molar-refractivity contribution in [1.82, 2.24) is 5.43 Å². The van der Waals surface area contributed by atoms with E-state index in [9.17, 15) is 4.79 Å². The van der Waals surface area contributed by atoms with E-state index in [1.165, 1.54) is 12.8 Å². The average molecular weight is 169 g/mol. The fourth-order valence-electron chi connectivity index (χ4n) is 1.50. The molecule has 1 aliphatic carbocycles. The van der Waals surface area contributed by atoms with Gasteiger partial charge in [0.15, 0.2) is 0 Å². The van der Waals surface area contributed by atoms with Gasteiger partial charge in [0.1, 0.15) is 0 Å². The number of primary amides is 1. The van der Waals surface area contributed by atoms with Crippen molar-refractivity contribution >= 4 is 11.7 Å². The molecule has 0 aromatic heterocycles. The molecule has 0 aromatic carbocycles. The van der Waals surface area contributed by atoms with Crippen molar-refractivity contribution in [3.8, 4) is 0 Å². The van der Waals surface area contributed by atoms with Crippen LogP contribution in [0.25, 0.3) is 0 Å². The average Bonchev–Trinajstić information content (AvgIpc) is 2.01. The Kier molecular flexibility index (Phi) is 3.08. The van der Waals surface area contributed by atoms with Crippen molar-refractivity contribution in [2.24, 2.45) is 16.8 Å². The van der Waals surface area contributed by atoms with Gasteiger partial charge in [-0.2, -0.15) is 5.10 Å². The van der Waals surface area contributed by atoms with Crippen LogP contribution in [0.1, 0.15) is 32.6 Å². The van der Waals surface area contributed by atoms with Crippen molar-refractivity contribution in [1.29, 1.82) is 0 Å². The molecule has 1 saturated carbocycles. The second-order valence-electron chi connectivity index (χ2n) is 3.36. The highest BCUT2D eigenvalue weighted by Crippen LogP contribution is 2.20. The van der Waals surface area contributed by atoms with E-state index in [0.717, 1.165) is 18.6 Å². The minimum atomic E-state index is -0.583. The van der Waals surface area contributed by atoms with Crippen molar-refractivity contribution in [2.45, 2.75) is 32.6 Å². The molecule has 0 bridgehead atoms. The summed E-state index contributed by atoms with van der Waals surface area (Å²) in [6.07, 6.45) is 4.40. The van der Waals surface area contributed by atoms with Crippen molar-refractivity contribution < 1.29 is 4.79 Å². The maximum absolute atomic E-state index is 10.3. The lowest BCUT2D eigenvalue weighted by molar-refractivity contribution is 0.249. The lowest BCUT2D eigenvalue weighted by Gasteiger charge is -2.18. The number of urea groups is 1. The summed E-state index contributed by atoms with van der Waals surface area (Å²) in [4.78, 5) is 10.3. The van der Waals surface area contributed by atoms with E-state index >= 15 is 0 Å². The molecule has 0 aromatic rings. The Morgan fingerprint density at radius 3 is 3.08 bits per heavy atom. The van der Waals surface area contributed by atoms with E-state index < -0.39 is 6.03 Å². The molecule has 0 radical (unpaired) electrons. The first kappa shape index (κ1) is 9.03. The monoisotopic (exact) mass is 169 g/mol. The highest BCUT2D eigenvalue weighted by atomic mass is 16.2. The predicted molar refractivity (Wildman–Crippen MR) is 47.8 cm³/mol. The van der Waals surface area contributed by atoms with Crippen LogP contribution in [0.3, 0.4) is 0 Å². The molecule has 1 atom stereocenters. The summed E-state index contributed by atoms with van der Waals surface area (Å²) < 4.78 is 0. The summed E-state index contributed by atoms with van der Waals surface area (Å²) in [7, 11) is 0. The Hall–Kier alpha value is -1.06. The van der Waals surface area contributed by atoms with E-state index in [2.05, 4.69) is 17.5 Å².